The highest BCUT2D eigenvalue weighted by Gasteiger charge is 2.22. The van der Waals surface area contributed by atoms with Crippen molar-refractivity contribution in [3.05, 3.63) is 30.3 Å². The zero-order chi connectivity index (χ0) is 19.6. The molecule has 1 aliphatic rings. The molecule has 8 heteroatoms. The number of nitrogens with zero attached hydrogens (tertiary/aromatic N) is 2. The molecule has 1 aromatic carbocycles. The second-order valence-corrected chi connectivity index (χ2v) is 6.76. The van der Waals surface area contributed by atoms with Gasteiger partial charge in [-0.2, -0.15) is 0 Å². The number of benzene rings is 1. The number of ether oxygens (including phenoxy) is 1. The van der Waals surface area contributed by atoms with E-state index in [0.29, 0.717) is 38.5 Å². The molecule has 148 valence electrons. The Morgan fingerprint density at radius 2 is 1.70 bits per heavy atom. The maximum atomic E-state index is 12.2. The van der Waals surface area contributed by atoms with Crippen LogP contribution in [-0.4, -0.2) is 79.4 Å². The number of rotatable bonds is 8. The number of para-hydroxylation sites is 1. The zero-order valence-corrected chi connectivity index (χ0v) is 15.9. The fraction of sp³-hybridized carbons (Fsp3) is 0.526. The van der Waals surface area contributed by atoms with Crippen molar-refractivity contribution in [3.63, 3.8) is 0 Å². The fourth-order valence-electron chi connectivity index (χ4n) is 2.73. The summed E-state index contributed by atoms with van der Waals surface area (Å²) in [6.07, 6.45) is 0. The molecule has 2 rings (SSSR count). The summed E-state index contributed by atoms with van der Waals surface area (Å²) in [7, 11) is 0. The first-order valence-electron chi connectivity index (χ1n) is 9.18. The Morgan fingerprint density at radius 3 is 2.33 bits per heavy atom. The summed E-state index contributed by atoms with van der Waals surface area (Å²) >= 11 is 0. The Bertz CT molecular complexity index is 628. The van der Waals surface area contributed by atoms with E-state index in [1.165, 1.54) is 0 Å². The van der Waals surface area contributed by atoms with Crippen LogP contribution >= 0.6 is 0 Å². The third-order valence-corrected chi connectivity index (χ3v) is 4.09. The van der Waals surface area contributed by atoms with E-state index in [4.69, 9.17) is 4.74 Å². The van der Waals surface area contributed by atoms with Crippen molar-refractivity contribution in [2.45, 2.75) is 19.9 Å². The number of carbonyl (C=O) groups excluding carboxylic acids is 3. The van der Waals surface area contributed by atoms with Crippen LogP contribution in [0.5, 0.6) is 5.75 Å². The van der Waals surface area contributed by atoms with Gasteiger partial charge in [-0.25, -0.2) is 0 Å². The average molecular weight is 376 g/mol. The molecule has 1 heterocycles. The predicted octanol–water partition coefficient (Wildman–Crippen LogP) is -0.150. The lowest BCUT2D eigenvalue weighted by molar-refractivity contribution is -0.135. The monoisotopic (exact) mass is 376 g/mol. The van der Waals surface area contributed by atoms with Gasteiger partial charge in [0.15, 0.2) is 6.61 Å². The largest absolute Gasteiger partial charge is 0.484 e. The Labute approximate surface area is 159 Å². The van der Waals surface area contributed by atoms with E-state index in [9.17, 15) is 14.4 Å². The number of amides is 3. The van der Waals surface area contributed by atoms with E-state index in [1.54, 1.807) is 17.0 Å². The molecule has 1 aliphatic heterocycles. The molecular formula is C19H28N4O4. The molecule has 3 amide bonds. The minimum absolute atomic E-state index is 0.00421. The van der Waals surface area contributed by atoms with E-state index in [1.807, 2.05) is 36.9 Å². The molecule has 27 heavy (non-hydrogen) atoms. The third kappa shape index (κ3) is 7.65. The SMILES string of the molecule is CC(C)NC(=O)CN1CCN(C(=O)CNC(=O)COc2ccccc2)CC1. The molecule has 0 bridgehead atoms. The Morgan fingerprint density at radius 1 is 1.04 bits per heavy atom. The van der Waals surface area contributed by atoms with Gasteiger partial charge in [0, 0.05) is 32.2 Å². The molecule has 0 aliphatic carbocycles. The molecule has 0 aromatic heterocycles. The first kappa shape index (κ1) is 20.7. The van der Waals surface area contributed by atoms with Gasteiger partial charge < -0.3 is 20.3 Å². The molecule has 0 atom stereocenters. The van der Waals surface area contributed by atoms with Gasteiger partial charge in [0.25, 0.3) is 5.91 Å². The number of hydrogen-bond donors (Lipinski definition) is 2. The second kappa shape index (κ2) is 10.5. The van der Waals surface area contributed by atoms with Crippen LogP contribution in [0.15, 0.2) is 30.3 Å². The maximum absolute atomic E-state index is 12.2. The molecule has 0 unspecified atom stereocenters. The van der Waals surface area contributed by atoms with Crippen LogP contribution in [0.1, 0.15) is 13.8 Å². The smallest absolute Gasteiger partial charge is 0.258 e. The average Bonchev–Trinajstić information content (AvgIpc) is 2.65. The summed E-state index contributed by atoms with van der Waals surface area (Å²) in [4.78, 5) is 39.5. The third-order valence-electron chi connectivity index (χ3n) is 4.09. The molecule has 1 aromatic rings. The molecule has 2 N–H and O–H groups in total. The summed E-state index contributed by atoms with van der Waals surface area (Å²) in [5, 5.41) is 5.44. The van der Waals surface area contributed by atoms with E-state index in [2.05, 4.69) is 10.6 Å². The van der Waals surface area contributed by atoms with Gasteiger partial charge in [-0.1, -0.05) is 18.2 Å². The fourth-order valence-corrected chi connectivity index (χ4v) is 2.73. The van der Waals surface area contributed by atoms with Crippen molar-refractivity contribution >= 4 is 17.7 Å². The van der Waals surface area contributed by atoms with Crippen molar-refractivity contribution in [2.75, 3.05) is 45.9 Å². The lowest BCUT2D eigenvalue weighted by Gasteiger charge is -2.34. The molecule has 0 saturated carbocycles. The summed E-state index contributed by atoms with van der Waals surface area (Å²) in [5.74, 6) is 0.137. The van der Waals surface area contributed by atoms with Crippen LogP contribution in [-0.2, 0) is 14.4 Å². The highest BCUT2D eigenvalue weighted by atomic mass is 16.5. The van der Waals surface area contributed by atoms with Crippen molar-refractivity contribution in [2.24, 2.45) is 0 Å². The van der Waals surface area contributed by atoms with Crippen molar-refractivity contribution in [3.8, 4) is 5.75 Å². The Kier molecular flexibility index (Phi) is 8.06. The number of carbonyl (C=O) groups is 3. The minimum atomic E-state index is -0.337. The van der Waals surface area contributed by atoms with Gasteiger partial charge in [-0.15, -0.1) is 0 Å². The number of hydrogen-bond acceptors (Lipinski definition) is 5. The first-order valence-corrected chi connectivity index (χ1v) is 9.18. The minimum Gasteiger partial charge on any atom is -0.484 e. The van der Waals surface area contributed by atoms with Crippen LogP contribution in [0.3, 0.4) is 0 Å². The zero-order valence-electron chi connectivity index (χ0n) is 15.9. The summed E-state index contributed by atoms with van der Waals surface area (Å²) in [5.41, 5.74) is 0. The molecule has 8 nitrogen and oxygen atoms in total. The summed E-state index contributed by atoms with van der Waals surface area (Å²) < 4.78 is 5.34. The van der Waals surface area contributed by atoms with E-state index in [0.717, 1.165) is 0 Å². The van der Waals surface area contributed by atoms with Gasteiger partial charge >= 0.3 is 0 Å². The van der Waals surface area contributed by atoms with E-state index < -0.39 is 0 Å². The van der Waals surface area contributed by atoms with Gasteiger partial charge in [0.1, 0.15) is 5.75 Å². The Balaban J connectivity index is 1.62. The highest BCUT2D eigenvalue weighted by Crippen LogP contribution is 2.07. The number of piperazine rings is 1. The molecular weight excluding hydrogens is 348 g/mol. The van der Waals surface area contributed by atoms with E-state index in [-0.39, 0.29) is 36.9 Å². The van der Waals surface area contributed by atoms with E-state index >= 15 is 0 Å². The van der Waals surface area contributed by atoms with Crippen molar-refractivity contribution in [1.29, 1.82) is 0 Å². The van der Waals surface area contributed by atoms with Crippen LogP contribution in [0, 0.1) is 0 Å². The second-order valence-electron chi connectivity index (χ2n) is 6.76. The maximum Gasteiger partial charge on any atom is 0.258 e. The topological polar surface area (TPSA) is 91.0 Å². The summed E-state index contributed by atoms with van der Waals surface area (Å²) in [6, 6.07) is 9.15. The van der Waals surface area contributed by atoms with Crippen molar-refractivity contribution in [1.82, 2.24) is 20.4 Å². The quantitative estimate of drug-likeness (QED) is 0.659. The summed E-state index contributed by atoms with van der Waals surface area (Å²) in [6.45, 7) is 6.38. The lowest BCUT2D eigenvalue weighted by Crippen LogP contribution is -2.53. The molecule has 0 spiro atoms. The van der Waals surface area contributed by atoms with Gasteiger partial charge in [0.05, 0.1) is 13.1 Å². The molecule has 1 saturated heterocycles. The number of nitrogens with one attached hydrogen (secondary N) is 2. The molecule has 1 fully saturated rings. The molecule has 0 radical (unpaired) electrons. The normalized spacial score (nSPS) is 14.7. The Hall–Kier alpha value is -2.61. The van der Waals surface area contributed by atoms with Crippen molar-refractivity contribution < 1.29 is 19.1 Å². The first-order chi connectivity index (χ1) is 12.9. The standard InChI is InChI=1S/C19H28N4O4/c1-15(2)21-17(24)13-22-8-10-23(11-9-22)19(26)12-20-18(25)14-27-16-6-4-3-5-7-16/h3-7,15H,8-14H2,1-2H3,(H,20,25)(H,21,24). The van der Waals surface area contributed by atoms with Crippen LogP contribution in [0.2, 0.25) is 0 Å². The predicted molar refractivity (Wildman–Crippen MR) is 101 cm³/mol. The lowest BCUT2D eigenvalue weighted by atomic mass is 10.3. The van der Waals surface area contributed by atoms with Gasteiger partial charge in [-0.3, -0.25) is 19.3 Å². The van der Waals surface area contributed by atoms with Gasteiger partial charge in [-0.05, 0) is 26.0 Å². The van der Waals surface area contributed by atoms with Crippen LogP contribution in [0.4, 0.5) is 0 Å². The van der Waals surface area contributed by atoms with Gasteiger partial charge in [0.2, 0.25) is 11.8 Å². The van der Waals surface area contributed by atoms with Crippen LogP contribution in [0.25, 0.3) is 0 Å². The highest BCUT2D eigenvalue weighted by molar-refractivity contribution is 5.85. The van der Waals surface area contributed by atoms with Crippen LogP contribution < -0.4 is 15.4 Å².